The van der Waals surface area contributed by atoms with Gasteiger partial charge < -0.3 is 8.23 Å². The lowest BCUT2D eigenvalue weighted by Gasteiger charge is -2.39. The average molecular weight is 406 g/mol. The maximum Gasteiger partial charge on any atom is 0.311 e. The summed E-state index contributed by atoms with van der Waals surface area (Å²) >= 11 is 0. The van der Waals surface area contributed by atoms with Crippen LogP contribution in [0.2, 0.25) is 51.4 Å². The van der Waals surface area contributed by atoms with E-state index in [0.29, 0.717) is 13.1 Å². The Hall–Kier alpha value is -0.329. The lowest BCUT2D eigenvalue weighted by atomic mass is 10.4. The molecule has 0 aromatic carbocycles. The summed E-state index contributed by atoms with van der Waals surface area (Å²) < 4.78 is 13.0. The standard InChI is InChI=1S/C16H37N2O4Si3/c1-15(19)18(16(2)20)12-10-14-24(5,6)22-25(7,8)21-23(3,4)13-9-11-17/h17H,9-14H2,1-8H3. The third kappa shape index (κ3) is 11.1. The van der Waals surface area contributed by atoms with E-state index in [-0.39, 0.29) is 11.8 Å². The minimum absolute atomic E-state index is 0.201. The lowest BCUT2D eigenvalue weighted by molar-refractivity contribution is -0.142. The monoisotopic (exact) mass is 405 g/mol. The van der Waals surface area contributed by atoms with Gasteiger partial charge in [0.25, 0.3) is 0 Å². The van der Waals surface area contributed by atoms with Crippen LogP contribution in [0.3, 0.4) is 0 Å². The summed E-state index contributed by atoms with van der Waals surface area (Å²) in [6.45, 7) is 16.7. The molecule has 0 aliphatic rings. The molecule has 0 aromatic heterocycles. The van der Waals surface area contributed by atoms with Crippen molar-refractivity contribution in [3.63, 3.8) is 0 Å². The molecule has 1 N–H and O–H groups in total. The quantitative estimate of drug-likeness (QED) is 0.492. The zero-order valence-electron chi connectivity index (χ0n) is 17.3. The molecule has 147 valence electrons. The van der Waals surface area contributed by atoms with E-state index in [1.54, 1.807) is 0 Å². The van der Waals surface area contributed by atoms with Crippen LogP contribution in [0.1, 0.15) is 26.7 Å². The highest BCUT2D eigenvalue weighted by atomic mass is 28.5. The van der Waals surface area contributed by atoms with Gasteiger partial charge in [0, 0.05) is 26.9 Å². The van der Waals surface area contributed by atoms with Crippen molar-refractivity contribution >= 4 is 37.0 Å². The number of hydrogen-bond donors (Lipinski definition) is 0. The summed E-state index contributed by atoms with van der Waals surface area (Å²) in [7, 11) is -5.96. The first-order valence-corrected chi connectivity index (χ1v) is 18.1. The lowest BCUT2D eigenvalue weighted by Crippen LogP contribution is -2.52. The molecule has 0 heterocycles. The number of rotatable bonds is 11. The number of carbonyl (C=O) groups is 2. The molecule has 0 atom stereocenters. The van der Waals surface area contributed by atoms with Crippen LogP contribution in [0.25, 0.3) is 0 Å². The molecule has 0 spiro atoms. The van der Waals surface area contributed by atoms with Gasteiger partial charge in [0.05, 0.1) is 0 Å². The van der Waals surface area contributed by atoms with Crippen molar-refractivity contribution in [3.05, 3.63) is 0 Å². The number of carbonyl (C=O) groups excluding carboxylic acids is 2. The van der Waals surface area contributed by atoms with Crippen molar-refractivity contribution in [1.82, 2.24) is 10.6 Å². The minimum atomic E-state index is -2.23. The maximum atomic E-state index is 11.5. The molecule has 1 radical (unpaired) electrons. The van der Waals surface area contributed by atoms with E-state index in [2.05, 4.69) is 39.3 Å². The molecule has 0 aliphatic heterocycles. The molecule has 6 nitrogen and oxygen atoms in total. The third-order valence-corrected chi connectivity index (χ3v) is 15.4. The molecule has 0 saturated heterocycles. The van der Waals surface area contributed by atoms with Crippen molar-refractivity contribution in [2.75, 3.05) is 13.1 Å². The number of imide groups is 1. The normalized spacial score (nSPS) is 13.0. The van der Waals surface area contributed by atoms with Crippen LogP contribution in [0.4, 0.5) is 0 Å². The average Bonchev–Trinajstić information content (AvgIpc) is 2.37. The fourth-order valence-electron chi connectivity index (χ4n) is 3.17. The van der Waals surface area contributed by atoms with Crippen molar-refractivity contribution in [2.45, 2.75) is 78.1 Å². The Bertz CT molecular complexity index is 443. The summed E-state index contributed by atoms with van der Waals surface area (Å²) in [5, 5.41) is 0. The van der Waals surface area contributed by atoms with Gasteiger partial charge in [-0.25, -0.2) is 0 Å². The fourth-order valence-corrected chi connectivity index (χ4v) is 17.2. The number of nitrogens with one attached hydrogen (secondary N) is 1. The highest BCUT2D eigenvalue weighted by molar-refractivity contribution is 6.87. The molecular weight excluding hydrogens is 368 g/mol. The predicted octanol–water partition coefficient (Wildman–Crippen LogP) is 3.59. The second-order valence-electron chi connectivity index (χ2n) is 8.27. The van der Waals surface area contributed by atoms with Gasteiger partial charge in [-0.1, -0.05) is 0 Å². The van der Waals surface area contributed by atoms with Gasteiger partial charge in [0.2, 0.25) is 11.8 Å². The first-order valence-electron chi connectivity index (χ1n) is 9.05. The summed E-state index contributed by atoms with van der Waals surface area (Å²) in [6, 6.07) is 1.88. The van der Waals surface area contributed by atoms with Crippen molar-refractivity contribution < 1.29 is 17.8 Å². The molecule has 0 aromatic rings. The zero-order valence-corrected chi connectivity index (χ0v) is 20.3. The summed E-state index contributed by atoms with van der Waals surface area (Å²) in [6.07, 6.45) is 1.65. The molecular formula is C16H37N2O4Si3. The van der Waals surface area contributed by atoms with E-state index in [4.69, 9.17) is 14.0 Å². The van der Waals surface area contributed by atoms with E-state index in [1.807, 2.05) is 0 Å². The SMILES string of the molecule is CC(=O)N(CCC[Si](C)(C)O[Si](C)(C)O[Si](C)(C)CCC[NH])C(C)=O. The van der Waals surface area contributed by atoms with Gasteiger partial charge in [-0.15, -0.1) is 0 Å². The molecule has 0 bridgehead atoms. The zero-order chi connectivity index (χ0) is 19.9. The molecule has 2 amide bonds. The molecule has 0 fully saturated rings. The van der Waals surface area contributed by atoms with Gasteiger partial charge in [0.1, 0.15) is 0 Å². The topological polar surface area (TPSA) is 79.6 Å². The maximum absolute atomic E-state index is 11.5. The second kappa shape index (κ2) is 10.1. The van der Waals surface area contributed by atoms with Crippen LogP contribution in [0.5, 0.6) is 0 Å². The van der Waals surface area contributed by atoms with Crippen LogP contribution >= 0.6 is 0 Å². The molecule has 0 saturated carbocycles. The largest absolute Gasteiger partial charge is 0.437 e. The summed E-state index contributed by atoms with van der Waals surface area (Å²) in [5.74, 6) is -0.402. The van der Waals surface area contributed by atoms with Crippen molar-refractivity contribution in [2.24, 2.45) is 0 Å². The first-order chi connectivity index (χ1) is 11.2. The molecule has 9 heteroatoms. The van der Waals surface area contributed by atoms with E-state index in [1.165, 1.54) is 18.7 Å². The Kier molecular flexibility index (Phi) is 9.99. The van der Waals surface area contributed by atoms with E-state index in [0.717, 1.165) is 24.9 Å². The van der Waals surface area contributed by atoms with Gasteiger partial charge >= 0.3 is 8.56 Å². The molecule has 0 unspecified atom stereocenters. The van der Waals surface area contributed by atoms with Crippen LogP contribution in [0.15, 0.2) is 0 Å². The van der Waals surface area contributed by atoms with Crippen LogP contribution in [0, 0.1) is 0 Å². The van der Waals surface area contributed by atoms with Gasteiger partial charge in [0.15, 0.2) is 16.6 Å². The Labute approximate surface area is 156 Å². The van der Waals surface area contributed by atoms with E-state index in [9.17, 15) is 9.59 Å². The van der Waals surface area contributed by atoms with Gasteiger partial charge in [-0.2, -0.15) is 0 Å². The van der Waals surface area contributed by atoms with Crippen LogP contribution in [-0.2, 0) is 17.8 Å². The summed E-state index contributed by atoms with van der Waals surface area (Å²) in [5.41, 5.74) is 7.33. The van der Waals surface area contributed by atoms with Gasteiger partial charge in [-0.05, 0) is 64.2 Å². The number of nitrogens with zero attached hydrogens (tertiary/aromatic N) is 1. The van der Waals surface area contributed by atoms with Gasteiger partial charge in [-0.3, -0.25) is 20.2 Å². The Morgan fingerprint density at radius 2 is 1.24 bits per heavy atom. The highest BCUT2D eigenvalue weighted by Crippen LogP contribution is 2.26. The highest BCUT2D eigenvalue weighted by Gasteiger charge is 2.39. The Morgan fingerprint density at radius 1 is 0.840 bits per heavy atom. The minimum Gasteiger partial charge on any atom is -0.437 e. The Morgan fingerprint density at radius 3 is 1.60 bits per heavy atom. The second-order valence-corrected chi connectivity index (χ2v) is 20.7. The van der Waals surface area contributed by atoms with E-state index >= 15 is 0 Å². The number of amides is 2. The van der Waals surface area contributed by atoms with Crippen LogP contribution < -0.4 is 5.73 Å². The smallest absolute Gasteiger partial charge is 0.311 e. The van der Waals surface area contributed by atoms with E-state index < -0.39 is 25.2 Å². The summed E-state index contributed by atoms with van der Waals surface area (Å²) in [4.78, 5) is 24.2. The third-order valence-electron chi connectivity index (χ3n) is 3.92. The van der Waals surface area contributed by atoms with Crippen LogP contribution in [-0.4, -0.2) is 55.0 Å². The van der Waals surface area contributed by atoms with Crippen molar-refractivity contribution in [1.29, 1.82) is 0 Å². The number of hydrogen-bond acceptors (Lipinski definition) is 4. The molecule has 0 aliphatic carbocycles. The predicted molar refractivity (Wildman–Crippen MR) is 109 cm³/mol. The molecule has 0 rings (SSSR count). The fraction of sp³-hybridized carbons (Fsp3) is 0.875. The first kappa shape index (κ1) is 24.7. The Balaban J connectivity index is 4.62. The molecule has 25 heavy (non-hydrogen) atoms. The van der Waals surface area contributed by atoms with Crippen molar-refractivity contribution in [3.8, 4) is 0 Å².